The van der Waals surface area contributed by atoms with Crippen molar-refractivity contribution in [3.8, 4) is 11.3 Å². The Morgan fingerprint density at radius 2 is 1.67 bits per heavy atom. The zero-order valence-electron chi connectivity index (χ0n) is 20.4. The maximum absolute atomic E-state index is 12.7. The van der Waals surface area contributed by atoms with Gasteiger partial charge in [-0.1, -0.05) is 25.3 Å². The molecule has 13 heteroatoms. The highest BCUT2D eigenvalue weighted by atomic mass is 32.2. The minimum Gasteiger partial charge on any atom is -0.386 e. The predicted molar refractivity (Wildman–Crippen MR) is 129 cm³/mol. The van der Waals surface area contributed by atoms with Crippen LogP contribution in [-0.4, -0.2) is 39.2 Å². The Kier molecular flexibility index (Phi) is 8.02. The highest BCUT2D eigenvalue weighted by molar-refractivity contribution is 7.89. The highest BCUT2D eigenvalue weighted by Crippen LogP contribution is 2.36. The molecule has 0 radical (unpaired) electrons. The van der Waals surface area contributed by atoms with Gasteiger partial charge >= 0.3 is 6.18 Å². The van der Waals surface area contributed by atoms with Crippen molar-refractivity contribution < 1.29 is 35.1 Å². The molecule has 1 saturated carbocycles. The number of alkyl halides is 3. The van der Waals surface area contributed by atoms with Crippen molar-refractivity contribution in [2.24, 2.45) is 11.1 Å². The molecule has 2 aromatic rings. The first kappa shape index (κ1) is 28.6. The maximum Gasteiger partial charge on any atom is 0.402 e. The van der Waals surface area contributed by atoms with Crippen molar-refractivity contribution in [3.63, 3.8) is 0 Å². The third-order valence-electron chi connectivity index (χ3n) is 6.48. The van der Waals surface area contributed by atoms with E-state index in [0.29, 0.717) is 29.4 Å². The molecule has 1 heterocycles. The van der Waals surface area contributed by atoms with Crippen LogP contribution in [0.2, 0.25) is 0 Å². The zero-order valence-corrected chi connectivity index (χ0v) is 22.0. The minimum atomic E-state index is -4.76. The van der Waals surface area contributed by atoms with E-state index in [9.17, 15) is 35.1 Å². The van der Waals surface area contributed by atoms with E-state index in [4.69, 9.17) is 5.14 Å². The summed E-state index contributed by atoms with van der Waals surface area (Å²) in [5, 5.41) is 16.2. The van der Waals surface area contributed by atoms with Crippen LogP contribution in [0.3, 0.4) is 0 Å². The topological polar surface area (TPSA) is 131 Å². The summed E-state index contributed by atoms with van der Waals surface area (Å²) in [5.41, 5.74) is -0.575. The fourth-order valence-electron chi connectivity index (χ4n) is 4.67. The van der Waals surface area contributed by atoms with Crippen LogP contribution in [0.1, 0.15) is 57.2 Å². The number of sulfonamides is 2. The summed E-state index contributed by atoms with van der Waals surface area (Å²) < 4.78 is 91.2. The van der Waals surface area contributed by atoms with E-state index in [1.807, 2.05) is 4.57 Å². The molecule has 4 N–H and O–H groups in total. The maximum atomic E-state index is 12.7. The van der Waals surface area contributed by atoms with Crippen LogP contribution >= 0.6 is 0 Å². The van der Waals surface area contributed by atoms with Gasteiger partial charge in [-0.2, -0.15) is 13.2 Å². The van der Waals surface area contributed by atoms with E-state index in [-0.39, 0.29) is 10.5 Å². The summed E-state index contributed by atoms with van der Waals surface area (Å²) in [4.78, 5) is -0.571. The van der Waals surface area contributed by atoms with Crippen LogP contribution in [0.4, 0.5) is 13.2 Å². The lowest BCUT2D eigenvalue weighted by Crippen LogP contribution is -2.35. The Morgan fingerprint density at radius 1 is 1.06 bits per heavy atom. The molecule has 0 saturated heterocycles. The van der Waals surface area contributed by atoms with Gasteiger partial charge in [-0.15, -0.1) is 0 Å². The highest BCUT2D eigenvalue weighted by Gasteiger charge is 2.33. The van der Waals surface area contributed by atoms with E-state index in [0.717, 1.165) is 38.2 Å². The van der Waals surface area contributed by atoms with Gasteiger partial charge in [0, 0.05) is 23.5 Å². The van der Waals surface area contributed by atoms with Gasteiger partial charge < -0.3 is 9.67 Å². The quantitative estimate of drug-likeness (QED) is 0.460. The Balaban J connectivity index is 2.16. The number of nitrogens with two attached hydrogens (primary N) is 1. The number of rotatable bonds is 8. The van der Waals surface area contributed by atoms with Crippen LogP contribution < -0.4 is 9.86 Å². The Morgan fingerprint density at radius 3 is 2.19 bits per heavy atom. The number of primary sulfonamides is 1. The largest absolute Gasteiger partial charge is 0.402 e. The van der Waals surface area contributed by atoms with Gasteiger partial charge in [0.25, 0.3) is 0 Å². The fourth-order valence-corrected chi connectivity index (χ4v) is 6.82. The van der Waals surface area contributed by atoms with Gasteiger partial charge in [0.15, 0.2) is 0 Å². The second-order valence-corrected chi connectivity index (χ2v) is 13.1. The molecule has 36 heavy (non-hydrogen) atoms. The number of hydrogen-bond acceptors (Lipinski definition) is 5. The summed E-state index contributed by atoms with van der Waals surface area (Å²) >= 11 is 0. The molecule has 0 bridgehead atoms. The normalized spacial score (nSPS) is 16.4. The molecule has 1 aliphatic rings. The lowest BCUT2D eigenvalue weighted by Gasteiger charge is -2.25. The molecule has 0 unspecified atom stereocenters. The Hall–Kier alpha value is -1.93. The van der Waals surface area contributed by atoms with Crippen LogP contribution in [0, 0.1) is 12.8 Å². The number of nitrogens with zero attached hydrogens (tertiary/aromatic N) is 1. The average Bonchev–Trinajstić information content (AvgIpc) is 3.08. The predicted octanol–water partition coefficient (Wildman–Crippen LogP) is 3.76. The second kappa shape index (κ2) is 10.1. The van der Waals surface area contributed by atoms with Crippen LogP contribution in [0.25, 0.3) is 11.3 Å². The first-order valence-corrected chi connectivity index (χ1v) is 14.6. The number of benzene rings is 1. The lowest BCUT2D eigenvalue weighted by molar-refractivity contribution is -0.121. The molecule has 1 aliphatic carbocycles. The van der Waals surface area contributed by atoms with Crippen molar-refractivity contribution >= 4 is 20.0 Å². The molecular formula is C23H32F3N3O5S2. The van der Waals surface area contributed by atoms with E-state index in [2.05, 4.69) is 0 Å². The average molecular weight is 552 g/mol. The third kappa shape index (κ3) is 6.68. The van der Waals surface area contributed by atoms with Gasteiger partial charge in [0.1, 0.15) is 11.4 Å². The smallest absolute Gasteiger partial charge is 0.386 e. The molecular weight excluding hydrogens is 519 g/mol. The first-order valence-electron chi connectivity index (χ1n) is 11.6. The summed E-state index contributed by atoms with van der Waals surface area (Å²) in [6.07, 6.45) is 0.496. The van der Waals surface area contributed by atoms with Crippen LogP contribution in [0.5, 0.6) is 0 Å². The number of nitrogens with one attached hydrogen (secondary N) is 1. The molecule has 1 fully saturated rings. The molecule has 3 rings (SSSR count). The van der Waals surface area contributed by atoms with Crippen molar-refractivity contribution in [1.82, 2.24) is 9.29 Å². The number of aromatic nitrogens is 1. The number of aliphatic hydroxyl groups is 1. The van der Waals surface area contributed by atoms with E-state index in [1.54, 1.807) is 6.92 Å². The van der Waals surface area contributed by atoms with Crippen molar-refractivity contribution in [2.75, 3.05) is 6.54 Å². The van der Waals surface area contributed by atoms with Crippen LogP contribution in [0.15, 0.2) is 34.1 Å². The number of hydrogen-bond donors (Lipinski definition) is 3. The molecule has 0 spiro atoms. The molecule has 0 amide bonds. The van der Waals surface area contributed by atoms with Gasteiger partial charge in [-0.25, -0.2) is 26.7 Å². The lowest BCUT2D eigenvalue weighted by atomic mass is 9.89. The molecule has 202 valence electrons. The van der Waals surface area contributed by atoms with Crippen molar-refractivity contribution in [1.29, 1.82) is 0 Å². The first-order chi connectivity index (χ1) is 16.4. The van der Waals surface area contributed by atoms with Gasteiger partial charge in [0.2, 0.25) is 20.0 Å². The zero-order chi connectivity index (χ0) is 27.1. The van der Waals surface area contributed by atoms with Gasteiger partial charge in [-0.3, -0.25) is 0 Å². The third-order valence-corrected chi connectivity index (χ3v) is 8.96. The van der Waals surface area contributed by atoms with E-state index in [1.165, 1.54) is 36.8 Å². The standard InChI is InChI=1S/C23H32F3N3O5S2/c1-15-21(35(27,31)32)12-19(29(15)13-16-7-5-4-6-8-16)17-9-10-20(18(11-17)22(2,3)30)36(33,34)28-14-23(24,25)26/h9-12,16,28,30H,4-8,13-14H2,1-3H3,(H2,27,31,32). The summed E-state index contributed by atoms with van der Waals surface area (Å²) in [5.74, 6) is 0.317. The van der Waals surface area contributed by atoms with Gasteiger partial charge in [-0.05, 0) is 63.3 Å². The van der Waals surface area contributed by atoms with E-state index < -0.39 is 43.3 Å². The Bertz CT molecular complexity index is 1320. The van der Waals surface area contributed by atoms with Crippen molar-refractivity contribution in [3.05, 3.63) is 35.5 Å². The second-order valence-electron chi connectivity index (χ2n) is 9.85. The molecule has 1 aromatic heterocycles. The van der Waals surface area contributed by atoms with E-state index >= 15 is 0 Å². The number of halogens is 3. The molecule has 8 nitrogen and oxygen atoms in total. The Labute approximate surface area is 209 Å². The monoisotopic (exact) mass is 551 g/mol. The molecule has 0 atom stereocenters. The van der Waals surface area contributed by atoms with Gasteiger partial charge in [0.05, 0.1) is 10.5 Å². The fraction of sp³-hybridized carbons (Fsp3) is 0.565. The van der Waals surface area contributed by atoms with Crippen molar-refractivity contribution in [2.45, 2.75) is 81.0 Å². The molecule has 0 aliphatic heterocycles. The molecule has 1 aromatic carbocycles. The summed E-state index contributed by atoms with van der Waals surface area (Å²) in [6, 6.07) is 5.27. The summed E-state index contributed by atoms with van der Waals surface area (Å²) in [7, 11) is -8.68. The summed E-state index contributed by atoms with van der Waals surface area (Å²) in [6.45, 7) is 3.04. The SMILES string of the molecule is Cc1c(S(N)(=O)=O)cc(-c2ccc(S(=O)(=O)NCC(F)(F)F)c(C(C)(C)O)c2)n1CC1CCCCC1. The minimum absolute atomic E-state index is 0.0679. The van der Waals surface area contributed by atoms with Crippen LogP contribution in [-0.2, 0) is 32.2 Å².